The van der Waals surface area contributed by atoms with Crippen LogP contribution < -0.4 is 5.73 Å². The summed E-state index contributed by atoms with van der Waals surface area (Å²) in [5.74, 6) is 0.439. The van der Waals surface area contributed by atoms with Gasteiger partial charge in [-0.2, -0.15) is 0 Å². The summed E-state index contributed by atoms with van der Waals surface area (Å²) in [4.78, 5) is 14.1. The lowest BCUT2D eigenvalue weighted by Crippen LogP contribution is -2.39. The minimum absolute atomic E-state index is 0.0322. The van der Waals surface area contributed by atoms with E-state index < -0.39 is 10.8 Å². The number of amides is 1. The van der Waals surface area contributed by atoms with Gasteiger partial charge in [-0.3, -0.25) is 9.00 Å². The second kappa shape index (κ2) is 6.99. The SMILES string of the molecule is CN(CC(C)(C)CN)C(=O)c1cccc(CS(C)=O)c1. The molecule has 0 radical (unpaired) electrons. The van der Waals surface area contributed by atoms with Gasteiger partial charge >= 0.3 is 0 Å². The Labute approximate surface area is 123 Å². The molecule has 5 heteroatoms. The van der Waals surface area contributed by atoms with Crippen molar-refractivity contribution in [3.05, 3.63) is 35.4 Å². The number of nitrogens with zero attached hydrogens (tertiary/aromatic N) is 1. The van der Waals surface area contributed by atoms with Crippen LogP contribution in [0.2, 0.25) is 0 Å². The quantitative estimate of drug-likeness (QED) is 0.867. The number of hydrogen-bond donors (Lipinski definition) is 1. The fraction of sp³-hybridized carbons (Fsp3) is 0.533. The predicted octanol–water partition coefficient (Wildman–Crippen LogP) is 1.62. The largest absolute Gasteiger partial charge is 0.341 e. The molecule has 0 spiro atoms. The molecule has 1 amide bonds. The number of nitrogens with two attached hydrogens (primary N) is 1. The van der Waals surface area contributed by atoms with Crippen LogP contribution in [0.3, 0.4) is 0 Å². The van der Waals surface area contributed by atoms with E-state index in [1.165, 1.54) is 0 Å². The minimum atomic E-state index is -0.907. The molecular formula is C15H24N2O2S. The first-order valence-corrected chi connectivity index (χ1v) is 8.32. The van der Waals surface area contributed by atoms with Crippen molar-refractivity contribution in [1.82, 2.24) is 4.90 Å². The maximum Gasteiger partial charge on any atom is 0.253 e. The normalized spacial score (nSPS) is 13.1. The molecule has 0 aliphatic rings. The van der Waals surface area contributed by atoms with Crippen LogP contribution in [-0.4, -0.2) is 41.4 Å². The molecule has 1 rings (SSSR count). The van der Waals surface area contributed by atoms with Crippen molar-refractivity contribution in [3.8, 4) is 0 Å². The number of rotatable bonds is 6. The highest BCUT2D eigenvalue weighted by Crippen LogP contribution is 2.16. The lowest BCUT2D eigenvalue weighted by Gasteiger charge is -2.29. The molecule has 0 saturated carbocycles. The first kappa shape index (κ1) is 16.9. The summed E-state index contributed by atoms with van der Waals surface area (Å²) in [7, 11) is 0.875. The Morgan fingerprint density at radius 1 is 1.40 bits per heavy atom. The van der Waals surface area contributed by atoms with Gasteiger partial charge in [-0.25, -0.2) is 0 Å². The molecule has 1 aromatic carbocycles. The molecule has 0 fully saturated rings. The van der Waals surface area contributed by atoms with Crippen molar-refractivity contribution < 1.29 is 9.00 Å². The molecule has 0 bridgehead atoms. The molecule has 0 heterocycles. The van der Waals surface area contributed by atoms with Crippen LogP contribution in [0.1, 0.15) is 29.8 Å². The Balaban J connectivity index is 2.84. The highest BCUT2D eigenvalue weighted by molar-refractivity contribution is 7.83. The maximum absolute atomic E-state index is 12.4. The first-order valence-electron chi connectivity index (χ1n) is 6.60. The Hall–Kier alpha value is -1.20. The summed E-state index contributed by atoms with van der Waals surface area (Å²) >= 11 is 0. The molecule has 0 aromatic heterocycles. The van der Waals surface area contributed by atoms with E-state index in [9.17, 15) is 9.00 Å². The standard InChI is InChI=1S/C15H24N2O2S/c1-15(2,10-16)11-17(3)14(18)13-7-5-6-12(8-13)9-20(4)19/h5-8H,9-11,16H2,1-4H3. The molecular weight excluding hydrogens is 272 g/mol. The molecule has 0 saturated heterocycles. The van der Waals surface area contributed by atoms with Gasteiger partial charge in [0.05, 0.1) is 0 Å². The van der Waals surface area contributed by atoms with E-state index in [1.54, 1.807) is 24.3 Å². The maximum atomic E-state index is 12.4. The minimum Gasteiger partial charge on any atom is -0.341 e. The van der Waals surface area contributed by atoms with Gasteiger partial charge in [-0.05, 0) is 29.7 Å². The molecule has 1 aromatic rings. The topological polar surface area (TPSA) is 63.4 Å². The van der Waals surface area contributed by atoms with Gasteiger partial charge in [0, 0.05) is 42.0 Å². The number of carbonyl (C=O) groups excluding carboxylic acids is 1. The van der Waals surface area contributed by atoms with Gasteiger partial charge in [-0.1, -0.05) is 26.0 Å². The average Bonchev–Trinajstić information content (AvgIpc) is 2.37. The highest BCUT2D eigenvalue weighted by Gasteiger charge is 2.22. The first-order chi connectivity index (χ1) is 9.25. The second-order valence-electron chi connectivity index (χ2n) is 5.95. The van der Waals surface area contributed by atoms with Crippen LogP contribution in [0.5, 0.6) is 0 Å². The molecule has 0 aliphatic carbocycles. The van der Waals surface area contributed by atoms with Crippen molar-refractivity contribution in [2.75, 3.05) is 26.4 Å². The molecule has 0 aliphatic heterocycles. The fourth-order valence-electron chi connectivity index (χ4n) is 2.03. The zero-order valence-corrected chi connectivity index (χ0v) is 13.5. The van der Waals surface area contributed by atoms with Crippen LogP contribution in [0.25, 0.3) is 0 Å². The second-order valence-corrected chi connectivity index (χ2v) is 7.38. The predicted molar refractivity (Wildman–Crippen MR) is 84.0 cm³/mol. The van der Waals surface area contributed by atoms with Crippen molar-refractivity contribution in [1.29, 1.82) is 0 Å². The van der Waals surface area contributed by atoms with E-state index in [4.69, 9.17) is 5.73 Å². The van der Waals surface area contributed by atoms with Crippen LogP contribution in [0, 0.1) is 5.41 Å². The van der Waals surface area contributed by atoms with E-state index in [-0.39, 0.29) is 11.3 Å². The molecule has 112 valence electrons. The highest BCUT2D eigenvalue weighted by atomic mass is 32.2. The smallest absolute Gasteiger partial charge is 0.253 e. The van der Waals surface area contributed by atoms with Crippen LogP contribution in [0.4, 0.5) is 0 Å². The Bertz CT molecular complexity index is 500. The summed E-state index contributed by atoms with van der Waals surface area (Å²) in [5.41, 5.74) is 7.14. The summed E-state index contributed by atoms with van der Waals surface area (Å²) < 4.78 is 11.3. The van der Waals surface area contributed by atoms with Gasteiger partial charge < -0.3 is 10.6 Å². The third-order valence-corrected chi connectivity index (χ3v) is 3.85. The van der Waals surface area contributed by atoms with E-state index in [0.717, 1.165) is 5.56 Å². The third kappa shape index (κ3) is 5.06. The number of benzene rings is 1. The van der Waals surface area contributed by atoms with Crippen LogP contribution in [-0.2, 0) is 16.6 Å². The molecule has 20 heavy (non-hydrogen) atoms. The van der Waals surface area contributed by atoms with Crippen molar-refractivity contribution in [2.24, 2.45) is 11.1 Å². The average molecular weight is 296 g/mol. The van der Waals surface area contributed by atoms with Crippen LogP contribution >= 0.6 is 0 Å². The van der Waals surface area contributed by atoms with E-state index in [1.807, 2.05) is 32.0 Å². The van der Waals surface area contributed by atoms with Gasteiger partial charge in [0.2, 0.25) is 0 Å². The summed E-state index contributed by atoms with van der Waals surface area (Å²) in [6, 6.07) is 7.32. The number of hydrogen-bond acceptors (Lipinski definition) is 3. The molecule has 4 nitrogen and oxygen atoms in total. The van der Waals surface area contributed by atoms with Crippen molar-refractivity contribution in [3.63, 3.8) is 0 Å². The molecule has 1 atom stereocenters. The Morgan fingerprint density at radius 3 is 2.60 bits per heavy atom. The lowest BCUT2D eigenvalue weighted by atomic mass is 9.93. The number of carbonyl (C=O) groups is 1. The lowest BCUT2D eigenvalue weighted by molar-refractivity contribution is 0.0740. The van der Waals surface area contributed by atoms with Gasteiger partial charge in [-0.15, -0.1) is 0 Å². The monoisotopic (exact) mass is 296 g/mol. The van der Waals surface area contributed by atoms with E-state index >= 15 is 0 Å². The summed E-state index contributed by atoms with van der Waals surface area (Å²) in [5, 5.41) is 0. The zero-order chi connectivity index (χ0) is 15.3. The third-order valence-electron chi connectivity index (χ3n) is 3.11. The molecule has 2 N–H and O–H groups in total. The van der Waals surface area contributed by atoms with Gasteiger partial charge in [0.25, 0.3) is 5.91 Å². The summed E-state index contributed by atoms with van der Waals surface area (Å²) in [6.07, 6.45) is 1.66. The van der Waals surface area contributed by atoms with E-state index in [0.29, 0.717) is 24.4 Å². The van der Waals surface area contributed by atoms with Crippen LogP contribution in [0.15, 0.2) is 24.3 Å². The molecule has 1 unspecified atom stereocenters. The Morgan fingerprint density at radius 2 is 2.05 bits per heavy atom. The zero-order valence-electron chi connectivity index (χ0n) is 12.7. The Kier molecular flexibility index (Phi) is 5.89. The van der Waals surface area contributed by atoms with E-state index in [2.05, 4.69) is 0 Å². The van der Waals surface area contributed by atoms with Crippen molar-refractivity contribution >= 4 is 16.7 Å². The van der Waals surface area contributed by atoms with Gasteiger partial charge in [0.1, 0.15) is 0 Å². The fourth-order valence-corrected chi connectivity index (χ4v) is 2.68. The van der Waals surface area contributed by atoms with Gasteiger partial charge in [0.15, 0.2) is 0 Å². The van der Waals surface area contributed by atoms with Crippen molar-refractivity contribution in [2.45, 2.75) is 19.6 Å². The summed E-state index contributed by atoms with van der Waals surface area (Å²) in [6.45, 7) is 5.20.